The Kier molecular flexibility index (Phi) is 4.58. The second kappa shape index (κ2) is 6.07. The monoisotopic (exact) mass is 353 g/mol. The molecule has 0 fully saturated rings. The molecule has 112 valence electrons. The van der Waals surface area contributed by atoms with Crippen LogP contribution in [0.5, 0.6) is 0 Å². The summed E-state index contributed by atoms with van der Waals surface area (Å²) in [5, 5.41) is 0. The Morgan fingerprint density at radius 3 is 2.43 bits per heavy atom. The Morgan fingerprint density at radius 2 is 1.86 bits per heavy atom. The van der Waals surface area contributed by atoms with E-state index in [0.717, 1.165) is 5.56 Å². The standard InChI is InChI=1S/C15H17BrFN3O/c1-15(2,9-4-6-10(17)7-5-9)14-19-11(8-21-3)12(16)13(18)20-14/h4-7H,8H2,1-3H3,(H2,18,19,20). The number of nitrogens with two attached hydrogens (primary N) is 1. The summed E-state index contributed by atoms with van der Waals surface area (Å²) in [6.07, 6.45) is 0. The number of ether oxygens (including phenoxy) is 1. The van der Waals surface area contributed by atoms with E-state index in [1.165, 1.54) is 12.1 Å². The van der Waals surface area contributed by atoms with Crippen molar-refractivity contribution in [2.45, 2.75) is 25.9 Å². The summed E-state index contributed by atoms with van der Waals surface area (Å²) in [6, 6.07) is 6.31. The van der Waals surface area contributed by atoms with Crippen molar-refractivity contribution in [1.82, 2.24) is 9.97 Å². The average Bonchev–Trinajstić information content (AvgIpc) is 2.44. The third-order valence-electron chi connectivity index (χ3n) is 3.35. The Morgan fingerprint density at radius 1 is 1.24 bits per heavy atom. The molecule has 0 bridgehead atoms. The minimum absolute atomic E-state index is 0.272. The van der Waals surface area contributed by atoms with Crippen molar-refractivity contribution in [3.05, 3.63) is 51.6 Å². The zero-order valence-electron chi connectivity index (χ0n) is 12.2. The van der Waals surface area contributed by atoms with Crippen LogP contribution >= 0.6 is 15.9 Å². The molecule has 2 rings (SSSR count). The zero-order valence-corrected chi connectivity index (χ0v) is 13.7. The van der Waals surface area contributed by atoms with E-state index in [2.05, 4.69) is 25.9 Å². The molecule has 0 spiro atoms. The smallest absolute Gasteiger partial charge is 0.141 e. The molecule has 0 saturated heterocycles. The first-order valence-electron chi connectivity index (χ1n) is 6.43. The van der Waals surface area contributed by atoms with Crippen LogP contribution in [0.25, 0.3) is 0 Å². The van der Waals surface area contributed by atoms with Crippen molar-refractivity contribution in [1.29, 1.82) is 0 Å². The molecule has 1 aromatic carbocycles. The highest BCUT2D eigenvalue weighted by atomic mass is 79.9. The van der Waals surface area contributed by atoms with E-state index in [1.807, 2.05) is 13.8 Å². The lowest BCUT2D eigenvalue weighted by Gasteiger charge is -2.25. The molecule has 2 N–H and O–H groups in total. The number of halogens is 2. The van der Waals surface area contributed by atoms with Gasteiger partial charge in [-0.1, -0.05) is 12.1 Å². The van der Waals surface area contributed by atoms with Crippen LogP contribution in [-0.2, 0) is 16.8 Å². The van der Waals surface area contributed by atoms with E-state index in [9.17, 15) is 4.39 Å². The number of aromatic nitrogens is 2. The normalized spacial score (nSPS) is 11.7. The largest absolute Gasteiger partial charge is 0.383 e. The average molecular weight is 354 g/mol. The lowest BCUT2D eigenvalue weighted by atomic mass is 9.83. The molecular weight excluding hydrogens is 337 g/mol. The molecule has 0 amide bonds. The van der Waals surface area contributed by atoms with Crippen LogP contribution < -0.4 is 5.73 Å². The van der Waals surface area contributed by atoms with E-state index in [-0.39, 0.29) is 5.82 Å². The van der Waals surface area contributed by atoms with Gasteiger partial charge >= 0.3 is 0 Å². The Balaban J connectivity index is 2.51. The van der Waals surface area contributed by atoms with Gasteiger partial charge in [-0.3, -0.25) is 0 Å². The first kappa shape index (κ1) is 15.9. The molecule has 6 heteroatoms. The number of nitrogen functional groups attached to an aromatic ring is 1. The second-order valence-corrected chi connectivity index (χ2v) is 6.05. The summed E-state index contributed by atoms with van der Waals surface area (Å²) in [7, 11) is 1.59. The first-order valence-corrected chi connectivity index (χ1v) is 7.23. The van der Waals surface area contributed by atoms with Crippen molar-refractivity contribution < 1.29 is 9.13 Å². The fourth-order valence-electron chi connectivity index (χ4n) is 2.02. The van der Waals surface area contributed by atoms with Gasteiger partial charge in [-0.25, -0.2) is 14.4 Å². The number of rotatable bonds is 4. The fraction of sp³-hybridized carbons (Fsp3) is 0.333. The van der Waals surface area contributed by atoms with Gasteiger partial charge in [-0.2, -0.15) is 0 Å². The van der Waals surface area contributed by atoms with E-state index >= 15 is 0 Å². The van der Waals surface area contributed by atoms with Gasteiger partial charge in [0.2, 0.25) is 0 Å². The predicted molar refractivity (Wildman–Crippen MR) is 83.4 cm³/mol. The van der Waals surface area contributed by atoms with Crippen LogP contribution in [0.3, 0.4) is 0 Å². The maximum atomic E-state index is 13.1. The molecule has 1 aromatic heterocycles. The van der Waals surface area contributed by atoms with Gasteiger partial charge < -0.3 is 10.5 Å². The van der Waals surface area contributed by atoms with Crippen molar-refractivity contribution in [3.63, 3.8) is 0 Å². The van der Waals surface area contributed by atoms with E-state index in [4.69, 9.17) is 10.5 Å². The molecule has 4 nitrogen and oxygen atoms in total. The van der Waals surface area contributed by atoms with Crippen LogP contribution in [0.1, 0.15) is 30.9 Å². The molecular formula is C15H17BrFN3O. The van der Waals surface area contributed by atoms with Gasteiger partial charge in [0.25, 0.3) is 0 Å². The summed E-state index contributed by atoms with van der Waals surface area (Å²) in [4.78, 5) is 8.89. The van der Waals surface area contributed by atoms with E-state index in [0.29, 0.717) is 28.4 Å². The molecule has 0 atom stereocenters. The summed E-state index contributed by atoms with van der Waals surface area (Å²) in [5.41, 5.74) is 7.04. The maximum absolute atomic E-state index is 13.1. The highest BCUT2D eigenvalue weighted by Crippen LogP contribution is 2.32. The van der Waals surface area contributed by atoms with Gasteiger partial charge in [-0.05, 0) is 47.5 Å². The van der Waals surface area contributed by atoms with Crippen LogP contribution in [-0.4, -0.2) is 17.1 Å². The van der Waals surface area contributed by atoms with Crippen molar-refractivity contribution in [3.8, 4) is 0 Å². The summed E-state index contributed by atoms with van der Waals surface area (Å²) in [6.45, 7) is 4.28. The number of nitrogens with zero attached hydrogens (tertiary/aromatic N) is 2. The van der Waals surface area contributed by atoms with Gasteiger partial charge in [0, 0.05) is 12.5 Å². The molecule has 0 aliphatic heterocycles. The number of hydrogen-bond donors (Lipinski definition) is 1. The minimum Gasteiger partial charge on any atom is -0.383 e. The quantitative estimate of drug-likeness (QED) is 0.914. The molecule has 21 heavy (non-hydrogen) atoms. The number of benzene rings is 1. The van der Waals surface area contributed by atoms with Crippen molar-refractivity contribution in [2.75, 3.05) is 12.8 Å². The zero-order chi connectivity index (χ0) is 15.6. The first-order chi connectivity index (χ1) is 9.86. The lowest BCUT2D eigenvalue weighted by Crippen LogP contribution is -2.24. The Hall–Kier alpha value is -1.53. The fourth-order valence-corrected chi connectivity index (χ4v) is 2.31. The third kappa shape index (κ3) is 3.22. The van der Waals surface area contributed by atoms with Crippen LogP contribution in [0.15, 0.2) is 28.7 Å². The van der Waals surface area contributed by atoms with E-state index in [1.54, 1.807) is 19.2 Å². The highest BCUT2D eigenvalue weighted by Gasteiger charge is 2.28. The molecule has 0 unspecified atom stereocenters. The van der Waals surface area contributed by atoms with Crippen LogP contribution in [0.4, 0.5) is 10.2 Å². The predicted octanol–water partition coefficient (Wildman–Crippen LogP) is 3.43. The molecule has 0 aliphatic carbocycles. The summed E-state index contributed by atoms with van der Waals surface area (Å²) < 4.78 is 18.9. The van der Waals surface area contributed by atoms with E-state index < -0.39 is 5.41 Å². The molecule has 1 heterocycles. The number of hydrogen-bond acceptors (Lipinski definition) is 4. The third-order valence-corrected chi connectivity index (χ3v) is 4.22. The van der Waals surface area contributed by atoms with Gasteiger partial charge in [-0.15, -0.1) is 0 Å². The SMILES string of the molecule is COCc1nc(C(C)(C)c2ccc(F)cc2)nc(N)c1Br. The van der Waals surface area contributed by atoms with Crippen molar-refractivity contribution >= 4 is 21.7 Å². The number of anilines is 1. The van der Waals surface area contributed by atoms with Gasteiger partial charge in [0.1, 0.15) is 17.5 Å². The minimum atomic E-state index is -0.495. The molecule has 0 saturated carbocycles. The molecule has 2 aromatic rings. The van der Waals surface area contributed by atoms with Crippen LogP contribution in [0.2, 0.25) is 0 Å². The second-order valence-electron chi connectivity index (χ2n) is 5.26. The van der Waals surface area contributed by atoms with Crippen LogP contribution in [0, 0.1) is 5.82 Å². The Bertz CT molecular complexity index is 644. The van der Waals surface area contributed by atoms with Crippen molar-refractivity contribution in [2.24, 2.45) is 0 Å². The summed E-state index contributed by atoms with van der Waals surface area (Å²) in [5.74, 6) is 0.662. The summed E-state index contributed by atoms with van der Waals surface area (Å²) >= 11 is 3.37. The van der Waals surface area contributed by atoms with Gasteiger partial charge in [0.05, 0.1) is 16.8 Å². The maximum Gasteiger partial charge on any atom is 0.141 e. The van der Waals surface area contributed by atoms with Gasteiger partial charge in [0.15, 0.2) is 0 Å². The number of methoxy groups -OCH3 is 1. The lowest BCUT2D eigenvalue weighted by molar-refractivity contribution is 0.180. The topological polar surface area (TPSA) is 61.0 Å². The Labute approximate surface area is 131 Å². The molecule has 0 radical (unpaired) electrons. The molecule has 0 aliphatic rings. The highest BCUT2D eigenvalue weighted by molar-refractivity contribution is 9.10.